The highest BCUT2D eigenvalue weighted by Gasteiger charge is 2.25. The highest BCUT2D eigenvalue weighted by Crippen LogP contribution is 2.26. The number of hydrogen-bond acceptors (Lipinski definition) is 4. The zero-order valence-corrected chi connectivity index (χ0v) is 14.0. The van der Waals surface area contributed by atoms with E-state index in [1.807, 2.05) is 11.0 Å². The Bertz CT molecular complexity index is 502. The van der Waals surface area contributed by atoms with Crippen molar-refractivity contribution in [3.8, 4) is 5.75 Å². The molecular weight excluding hydrogens is 336 g/mol. The predicted octanol–water partition coefficient (Wildman–Crippen LogP) is 2.05. The third-order valence-electron chi connectivity index (χ3n) is 3.93. The molecule has 5 nitrogen and oxygen atoms in total. The second-order valence-corrected chi connectivity index (χ2v) is 6.15. The van der Waals surface area contributed by atoms with Crippen LogP contribution in [-0.4, -0.2) is 60.2 Å². The van der Waals surface area contributed by atoms with Crippen molar-refractivity contribution in [1.82, 2.24) is 9.80 Å². The van der Waals surface area contributed by atoms with Gasteiger partial charge >= 0.3 is 5.97 Å². The van der Waals surface area contributed by atoms with Gasteiger partial charge in [0.1, 0.15) is 11.8 Å². The van der Waals surface area contributed by atoms with Gasteiger partial charge in [-0.3, -0.25) is 14.6 Å². The van der Waals surface area contributed by atoms with Crippen LogP contribution in [0.1, 0.15) is 12.5 Å². The summed E-state index contributed by atoms with van der Waals surface area (Å²) < 4.78 is 6.19. The predicted molar refractivity (Wildman–Crippen MR) is 84.6 cm³/mol. The molecule has 2 rings (SSSR count). The summed E-state index contributed by atoms with van der Waals surface area (Å²) in [5, 5.41) is 9.04. The van der Waals surface area contributed by atoms with Crippen molar-refractivity contribution in [2.75, 3.05) is 33.3 Å². The van der Waals surface area contributed by atoms with E-state index in [4.69, 9.17) is 9.84 Å². The van der Waals surface area contributed by atoms with Crippen LogP contribution in [-0.2, 0) is 11.3 Å². The zero-order chi connectivity index (χ0) is 15.4. The van der Waals surface area contributed by atoms with Crippen LogP contribution in [0.3, 0.4) is 0 Å². The van der Waals surface area contributed by atoms with Crippen LogP contribution < -0.4 is 4.74 Å². The molecule has 1 aromatic rings. The van der Waals surface area contributed by atoms with E-state index in [1.165, 1.54) is 5.56 Å². The van der Waals surface area contributed by atoms with Crippen molar-refractivity contribution in [3.05, 3.63) is 28.2 Å². The Hall–Kier alpha value is -1.11. The van der Waals surface area contributed by atoms with E-state index < -0.39 is 12.0 Å². The lowest BCUT2D eigenvalue weighted by molar-refractivity contribution is -0.143. The minimum atomic E-state index is -0.748. The van der Waals surface area contributed by atoms with Crippen LogP contribution in [0, 0.1) is 0 Å². The second kappa shape index (κ2) is 7.24. The summed E-state index contributed by atoms with van der Waals surface area (Å²) in [6, 6.07) is 5.70. The molecule has 0 aromatic heterocycles. The molecule has 1 fully saturated rings. The first kappa shape index (κ1) is 16.3. The Morgan fingerprint density at radius 1 is 1.38 bits per heavy atom. The number of aliphatic carboxylic acids is 1. The number of ether oxygens (including phenoxy) is 1. The molecular formula is C15H21BrN2O3. The molecule has 0 saturated carbocycles. The van der Waals surface area contributed by atoms with Crippen LogP contribution in [0.5, 0.6) is 5.75 Å². The van der Waals surface area contributed by atoms with Crippen LogP contribution in [0.2, 0.25) is 0 Å². The number of nitrogens with zero attached hydrogens (tertiary/aromatic N) is 2. The maximum absolute atomic E-state index is 11.0. The molecule has 0 spiro atoms. The third-order valence-corrected chi connectivity index (χ3v) is 4.55. The molecule has 1 aliphatic rings. The lowest BCUT2D eigenvalue weighted by atomic mass is 10.1. The van der Waals surface area contributed by atoms with Gasteiger partial charge in [0.2, 0.25) is 0 Å². The normalized spacial score (nSPS) is 18.4. The number of hydrogen-bond donors (Lipinski definition) is 1. The van der Waals surface area contributed by atoms with Gasteiger partial charge in [-0.05, 0) is 40.5 Å². The number of carboxylic acid groups (broad SMARTS) is 1. The molecule has 0 aliphatic carbocycles. The van der Waals surface area contributed by atoms with Crippen molar-refractivity contribution >= 4 is 21.9 Å². The van der Waals surface area contributed by atoms with Gasteiger partial charge in [-0.2, -0.15) is 0 Å². The number of carbonyl (C=O) groups is 1. The quantitative estimate of drug-likeness (QED) is 0.874. The first-order chi connectivity index (χ1) is 10.0. The molecule has 21 heavy (non-hydrogen) atoms. The average molecular weight is 357 g/mol. The number of methoxy groups -OCH3 is 1. The van der Waals surface area contributed by atoms with E-state index in [-0.39, 0.29) is 0 Å². The summed E-state index contributed by atoms with van der Waals surface area (Å²) in [4.78, 5) is 15.4. The minimum absolute atomic E-state index is 0.401. The van der Waals surface area contributed by atoms with E-state index in [0.29, 0.717) is 0 Å². The van der Waals surface area contributed by atoms with Gasteiger partial charge in [0.15, 0.2) is 0 Å². The monoisotopic (exact) mass is 356 g/mol. The zero-order valence-electron chi connectivity index (χ0n) is 12.4. The van der Waals surface area contributed by atoms with E-state index >= 15 is 0 Å². The molecule has 0 amide bonds. The highest BCUT2D eigenvalue weighted by atomic mass is 79.9. The number of piperazine rings is 1. The number of carboxylic acids is 1. The van der Waals surface area contributed by atoms with Gasteiger partial charge in [0.05, 0.1) is 11.6 Å². The molecule has 1 N–H and O–H groups in total. The Balaban J connectivity index is 1.89. The third kappa shape index (κ3) is 4.18. The summed E-state index contributed by atoms with van der Waals surface area (Å²) in [7, 11) is 1.66. The van der Waals surface area contributed by atoms with Crippen LogP contribution in [0.25, 0.3) is 0 Å². The van der Waals surface area contributed by atoms with Gasteiger partial charge in [0.25, 0.3) is 0 Å². The Labute approximate surface area is 133 Å². The SMILES string of the molecule is COc1ccc(CN2CCN(C(C)C(=O)O)CC2)cc1Br. The van der Waals surface area contributed by atoms with Gasteiger partial charge in [-0.25, -0.2) is 0 Å². The lowest BCUT2D eigenvalue weighted by Crippen LogP contribution is -2.51. The Morgan fingerprint density at radius 3 is 2.57 bits per heavy atom. The molecule has 1 saturated heterocycles. The molecule has 1 unspecified atom stereocenters. The summed E-state index contributed by atoms with van der Waals surface area (Å²) >= 11 is 3.50. The molecule has 1 heterocycles. The standard InChI is InChI=1S/C15H21BrN2O3/c1-11(15(19)20)18-7-5-17(6-8-18)10-12-3-4-14(21-2)13(16)9-12/h3-4,9,11H,5-8,10H2,1-2H3,(H,19,20). The van der Waals surface area contributed by atoms with Gasteiger partial charge in [-0.15, -0.1) is 0 Å². The molecule has 116 valence electrons. The largest absolute Gasteiger partial charge is 0.496 e. The van der Waals surface area contributed by atoms with Crippen molar-refractivity contribution < 1.29 is 14.6 Å². The highest BCUT2D eigenvalue weighted by molar-refractivity contribution is 9.10. The van der Waals surface area contributed by atoms with E-state index in [0.717, 1.165) is 42.9 Å². The number of rotatable bonds is 5. The van der Waals surface area contributed by atoms with Crippen molar-refractivity contribution in [2.45, 2.75) is 19.5 Å². The van der Waals surface area contributed by atoms with Crippen LogP contribution in [0.4, 0.5) is 0 Å². The fourth-order valence-corrected chi connectivity index (χ4v) is 3.12. The second-order valence-electron chi connectivity index (χ2n) is 5.30. The summed E-state index contributed by atoms with van der Waals surface area (Å²) in [5.41, 5.74) is 1.22. The Morgan fingerprint density at radius 2 is 2.05 bits per heavy atom. The summed E-state index contributed by atoms with van der Waals surface area (Å²) in [6.45, 7) is 5.99. The van der Waals surface area contributed by atoms with Crippen LogP contribution in [0.15, 0.2) is 22.7 Å². The van der Waals surface area contributed by atoms with Crippen molar-refractivity contribution in [1.29, 1.82) is 0 Å². The van der Waals surface area contributed by atoms with E-state index in [1.54, 1.807) is 14.0 Å². The summed E-state index contributed by atoms with van der Waals surface area (Å²) in [5.74, 6) is 0.0846. The topological polar surface area (TPSA) is 53.0 Å². The first-order valence-corrected chi connectivity index (χ1v) is 7.82. The maximum atomic E-state index is 11.0. The summed E-state index contributed by atoms with van der Waals surface area (Å²) in [6.07, 6.45) is 0. The number of halogens is 1. The van der Waals surface area contributed by atoms with Crippen molar-refractivity contribution in [2.24, 2.45) is 0 Å². The van der Waals surface area contributed by atoms with E-state index in [2.05, 4.69) is 33.0 Å². The van der Waals surface area contributed by atoms with Gasteiger partial charge < -0.3 is 9.84 Å². The fraction of sp³-hybridized carbons (Fsp3) is 0.533. The first-order valence-electron chi connectivity index (χ1n) is 7.03. The molecule has 6 heteroatoms. The Kier molecular flexibility index (Phi) is 5.61. The number of benzene rings is 1. The molecule has 0 radical (unpaired) electrons. The fourth-order valence-electron chi connectivity index (χ4n) is 2.53. The minimum Gasteiger partial charge on any atom is -0.496 e. The van der Waals surface area contributed by atoms with Gasteiger partial charge in [0, 0.05) is 32.7 Å². The molecule has 1 aliphatic heterocycles. The molecule has 1 aromatic carbocycles. The van der Waals surface area contributed by atoms with Crippen molar-refractivity contribution in [3.63, 3.8) is 0 Å². The van der Waals surface area contributed by atoms with Gasteiger partial charge in [-0.1, -0.05) is 6.07 Å². The average Bonchev–Trinajstić information content (AvgIpc) is 2.47. The smallest absolute Gasteiger partial charge is 0.320 e. The lowest BCUT2D eigenvalue weighted by Gasteiger charge is -2.36. The molecule has 1 atom stereocenters. The van der Waals surface area contributed by atoms with Crippen LogP contribution >= 0.6 is 15.9 Å². The van der Waals surface area contributed by atoms with E-state index in [9.17, 15) is 4.79 Å². The molecule has 0 bridgehead atoms. The maximum Gasteiger partial charge on any atom is 0.320 e.